The lowest BCUT2D eigenvalue weighted by molar-refractivity contribution is -0.136. The second-order valence-corrected chi connectivity index (χ2v) is 9.88. The second-order valence-electron chi connectivity index (χ2n) is 8.82. The van der Waals surface area contributed by atoms with Gasteiger partial charge < -0.3 is 19.3 Å². The average molecular weight is 536 g/mol. The quantitative estimate of drug-likeness (QED) is 0.390. The Morgan fingerprint density at radius 1 is 1.05 bits per heavy atom. The molecule has 1 amide bonds. The molecule has 1 aliphatic heterocycles. The van der Waals surface area contributed by atoms with Crippen LogP contribution < -0.4 is 19.7 Å². The molecule has 0 N–H and O–H groups in total. The molecule has 9 heteroatoms. The van der Waals surface area contributed by atoms with E-state index in [1.807, 2.05) is 42.5 Å². The van der Waals surface area contributed by atoms with Crippen molar-refractivity contribution < 1.29 is 19.1 Å². The van der Waals surface area contributed by atoms with Crippen molar-refractivity contribution in [2.75, 3.05) is 44.4 Å². The number of nitrogens with zero attached hydrogens (tertiary/aromatic N) is 3. The number of hydrogen-bond acceptors (Lipinski definition) is 7. The molecule has 4 rings (SSSR count). The Morgan fingerprint density at radius 3 is 2.42 bits per heavy atom. The van der Waals surface area contributed by atoms with E-state index in [-0.39, 0.29) is 24.6 Å². The minimum absolute atomic E-state index is 0.141. The number of hydrogen-bond donors (Lipinski definition) is 0. The van der Waals surface area contributed by atoms with Crippen LogP contribution in [0.25, 0.3) is 12.2 Å². The number of anilines is 1. The first-order chi connectivity index (χ1) is 18.5. The van der Waals surface area contributed by atoms with E-state index in [0.29, 0.717) is 35.5 Å². The first kappa shape index (κ1) is 27.3. The molecule has 200 valence electrons. The highest BCUT2D eigenvalue weighted by atomic mass is 32.1. The molecule has 0 saturated carbocycles. The van der Waals surface area contributed by atoms with Gasteiger partial charge in [-0.1, -0.05) is 42.5 Å². The van der Waals surface area contributed by atoms with Crippen molar-refractivity contribution in [2.45, 2.75) is 26.9 Å². The topological polar surface area (TPSA) is 81.1 Å². The van der Waals surface area contributed by atoms with Gasteiger partial charge in [0.25, 0.3) is 5.56 Å². The van der Waals surface area contributed by atoms with Gasteiger partial charge in [0.1, 0.15) is 11.2 Å². The SMILES string of the molecule is CCOC(=O)/C=c1\s/c(=C\c2ccc(N(CC)Cc3ccccc3)cc2)c(=O)n1CC(=O)N1CCOCC1. The lowest BCUT2D eigenvalue weighted by Crippen LogP contribution is -2.45. The third-order valence-corrected chi connectivity index (χ3v) is 7.34. The van der Waals surface area contributed by atoms with Crippen molar-refractivity contribution in [2.24, 2.45) is 0 Å². The number of carbonyl (C=O) groups excluding carboxylic acids is 2. The van der Waals surface area contributed by atoms with Gasteiger partial charge in [-0.15, -0.1) is 11.3 Å². The zero-order valence-electron chi connectivity index (χ0n) is 21.8. The predicted molar refractivity (Wildman–Crippen MR) is 150 cm³/mol. The summed E-state index contributed by atoms with van der Waals surface area (Å²) in [4.78, 5) is 42.4. The van der Waals surface area contributed by atoms with E-state index in [4.69, 9.17) is 9.47 Å². The monoisotopic (exact) mass is 535 g/mol. The van der Waals surface area contributed by atoms with Gasteiger partial charge in [-0.2, -0.15) is 0 Å². The Hall–Kier alpha value is -3.69. The summed E-state index contributed by atoms with van der Waals surface area (Å²) >= 11 is 1.17. The molecule has 0 bridgehead atoms. The van der Waals surface area contributed by atoms with Crippen LogP contribution in [-0.4, -0.2) is 60.8 Å². The number of morpholine rings is 1. The summed E-state index contributed by atoms with van der Waals surface area (Å²) in [6.45, 7) is 7.51. The van der Waals surface area contributed by atoms with Crippen LogP contribution in [0.15, 0.2) is 59.4 Å². The zero-order chi connectivity index (χ0) is 26.9. The molecule has 3 aromatic rings. The van der Waals surface area contributed by atoms with Gasteiger partial charge in [-0.25, -0.2) is 4.79 Å². The lowest BCUT2D eigenvalue weighted by atomic mass is 10.1. The maximum Gasteiger partial charge on any atom is 0.333 e. The number of esters is 1. The van der Waals surface area contributed by atoms with Crippen LogP contribution in [0, 0.1) is 0 Å². The third-order valence-electron chi connectivity index (χ3n) is 6.28. The van der Waals surface area contributed by atoms with Crippen LogP contribution in [0.3, 0.4) is 0 Å². The van der Waals surface area contributed by atoms with Gasteiger partial charge in [0, 0.05) is 31.9 Å². The molecule has 1 fully saturated rings. The molecular weight excluding hydrogens is 502 g/mol. The Kier molecular flexibility index (Phi) is 9.51. The van der Waals surface area contributed by atoms with Crippen molar-refractivity contribution in [3.63, 3.8) is 0 Å². The number of ether oxygens (including phenoxy) is 2. The van der Waals surface area contributed by atoms with Gasteiger partial charge >= 0.3 is 5.97 Å². The lowest BCUT2D eigenvalue weighted by Gasteiger charge is -2.26. The maximum atomic E-state index is 13.3. The number of thiazole rings is 1. The van der Waals surface area contributed by atoms with E-state index >= 15 is 0 Å². The summed E-state index contributed by atoms with van der Waals surface area (Å²) in [5.41, 5.74) is 2.87. The highest BCUT2D eigenvalue weighted by Gasteiger charge is 2.19. The first-order valence-electron chi connectivity index (χ1n) is 12.8. The van der Waals surface area contributed by atoms with Crippen LogP contribution in [0.2, 0.25) is 0 Å². The summed E-state index contributed by atoms with van der Waals surface area (Å²) in [6.07, 6.45) is 3.08. The molecule has 38 heavy (non-hydrogen) atoms. The number of carbonyl (C=O) groups is 2. The zero-order valence-corrected chi connectivity index (χ0v) is 22.6. The molecule has 0 radical (unpaired) electrons. The normalized spacial score (nSPS) is 14.5. The van der Waals surface area contributed by atoms with E-state index in [1.54, 1.807) is 17.9 Å². The molecule has 1 aliphatic rings. The largest absolute Gasteiger partial charge is 0.463 e. The predicted octanol–water partition coefficient (Wildman–Crippen LogP) is 1.97. The number of aromatic nitrogens is 1. The molecule has 2 aromatic carbocycles. The fraction of sp³-hybridized carbons (Fsp3) is 0.345. The number of benzene rings is 2. The van der Waals surface area contributed by atoms with Crippen LogP contribution in [-0.2, 0) is 32.2 Å². The Morgan fingerprint density at radius 2 is 1.76 bits per heavy atom. The molecular formula is C29H33N3O5S. The number of rotatable bonds is 9. The fourth-order valence-corrected chi connectivity index (χ4v) is 5.28. The summed E-state index contributed by atoms with van der Waals surface area (Å²) in [7, 11) is 0. The van der Waals surface area contributed by atoms with Crippen LogP contribution in [0.5, 0.6) is 0 Å². The molecule has 0 unspecified atom stereocenters. The van der Waals surface area contributed by atoms with Crippen molar-refractivity contribution in [1.29, 1.82) is 0 Å². The smallest absolute Gasteiger partial charge is 0.333 e. The van der Waals surface area contributed by atoms with E-state index in [0.717, 1.165) is 24.3 Å². The molecule has 8 nitrogen and oxygen atoms in total. The summed E-state index contributed by atoms with van der Waals surface area (Å²) in [5.74, 6) is -0.726. The summed E-state index contributed by atoms with van der Waals surface area (Å²) in [6, 6.07) is 18.3. The van der Waals surface area contributed by atoms with Crippen LogP contribution in [0.1, 0.15) is 25.0 Å². The van der Waals surface area contributed by atoms with Crippen molar-refractivity contribution in [3.8, 4) is 0 Å². The summed E-state index contributed by atoms with van der Waals surface area (Å²) in [5, 5.41) is 0. The van der Waals surface area contributed by atoms with Crippen LogP contribution in [0.4, 0.5) is 5.69 Å². The highest BCUT2D eigenvalue weighted by molar-refractivity contribution is 7.07. The minimum Gasteiger partial charge on any atom is -0.463 e. The second kappa shape index (κ2) is 13.2. The Bertz CT molecular complexity index is 1410. The molecule has 2 heterocycles. The maximum absolute atomic E-state index is 13.3. The Labute approximate surface area is 226 Å². The molecule has 0 spiro atoms. The minimum atomic E-state index is -0.546. The van der Waals surface area contributed by atoms with Gasteiger partial charge in [0.2, 0.25) is 5.91 Å². The van der Waals surface area contributed by atoms with Crippen molar-refractivity contribution >= 4 is 41.1 Å². The standard InChI is InChI=1S/C29H33N3O5S/c1-3-30(20-23-8-6-5-7-9-23)24-12-10-22(11-13-24)18-25-29(35)32(27(38-25)19-28(34)37-4-2)21-26(33)31-14-16-36-17-15-31/h5-13,18-19H,3-4,14-17,20-21H2,1-2H3/b25-18-,27-19-. The first-order valence-corrected chi connectivity index (χ1v) is 13.6. The summed E-state index contributed by atoms with van der Waals surface area (Å²) < 4.78 is 12.6. The van der Waals surface area contributed by atoms with Crippen molar-refractivity contribution in [3.05, 3.63) is 85.3 Å². The van der Waals surface area contributed by atoms with E-state index in [2.05, 4.69) is 24.0 Å². The molecule has 0 aliphatic carbocycles. The van der Waals surface area contributed by atoms with E-state index in [9.17, 15) is 14.4 Å². The van der Waals surface area contributed by atoms with E-state index in [1.165, 1.54) is 27.5 Å². The average Bonchev–Trinajstić information content (AvgIpc) is 3.22. The van der Waals surface area contributed by atoms with Gasteiger partial charge in [-0.05, 0) is 43.2 Å². The molecule has 1 saturated heterocycles. The third kappa shape index (κ3) is 6.99. The molecule has 0 atom stereocenters. The van der Waals surface area contributed by atoms with E-state index < -0.39 is 5.97 Å². The van der Waals surface area contributed by atoms with Gasteiger partial charge in [0.05, 0.1) is 30.4 Å². The Balaban J connectivity index is 1.62. The number of amides is 1. The van der Waals surface area contributed by atoms with Crippen molar-refractivity contribution in [1.82, 2.24) is 9.47 Å². The van der Waals surface area contributed by atoms with Crippen LogP contribution >= 0.6 is 11.3 Å². The fourth-order valence-electron chi connectivity index (χ4n) is 4.25. The van der Waals surface area contributed by atoms with Gasteiger partial charge in [-0.3, -0.25) is 14.2 Å². The van der Waals surface area contributed by atoms with Gasteiger partial charge in [0.15, 0.2) is 0 Å². The highest BCUT2D eigenvalue weighted by Crippen LogP contribution is 2.18. The molecule has 1 aromatic heterocycles.